The van der Waals surface area contributed by atoms with Gasteiger partial charge < -0.3 is 0 Å². The van der Waals surface area contributed by atoms with Gasteiger partial charge in [-0.2, -0.15) is 0 Å². The molecule has 0 aliphatic heterocycles. The molecule has 0 nitrogen and oxygen atoms in total. The SMILES string of the molecule is C1=CC2c3ccc(-c4c5ccccc5c(-c5cccc6ccccc56)c5ccccc45)cc3C3CC3C2C=C1. The van der Waals surface area contributed by atoms with E-state index in [9.17, 15) is 0 Å². The van der Waals surface area contributed by atoms with Crippen molar-refractivity contribution in [1.29, 1.82) is 0 Å². The van der Waals surface area contributed by atoms with E-state index in [1.54, 1.807) is 11.1 Å². The van der Waals surface area contributed by atoms with Crippen molar-refractivity contribution in [3.05, 3.63) is 145 Å². The van der Waals surface area contributed by atoms with Gasteiger partial charge in [0.2, 0.25) is 0 Å². The molecule has 4 atom stereocenters. The topological polar surface area (TPSA) is 0 Å². The van der Waals surface area contributed by atoms with Crippen LogP contribution < -0.4 is 0 Å². The Morgan fingerprint density at radius 2 is 1.15 bits per heavy atom. The van der Waals surface area contributed by atoms with Gasteiger partial charge in [-0.1, -0.05) is 133 Å². The van der Waals surface area contributed by atoms with E-state index in [1.807, 2.05) is 0 Å². The lowest BCUT2D eigenvalue weighted by Gasteiger charge is -2.31. The fourth-order valence-corrected chi connectivity index (χ4v) is 7.87. The van der Waals surface area contributed by atoms with Crippen LogP contribution in [0.2, 0.25) is 0 Å². The Morgan fingerprint density at radius 3 is 1.92 bits per heavy atom. The van der Waals surface area contributed by atoms with Crippen LogP contribution in [0.3, 0.4) is 0 Å². The van der Waals surface area contributed by atoms with E-state index in [-0.39, 0.29) is 0 Å². The van der Waals surface area contributed by atoms with Gasteiger partial charge in [0.25, 0.3) is 0 Å². The molecule has 0 amide bonds. The van der Waals surface area contributed by atoms with Gasteiger partial charge in [0.15, 0.2) is 0 Å². The van der Waals surface area contributed by atoms with Crippen LogP contribution in [-0.2, 0) is 0 Å². The molecule has 184 valence electrons. The molecule has 6 aromatic rings. The molecular formula is C39H28. The van der Waals surface area contributed by atoms with E-state index in [0.717, 1.165) is 5.92 Å². The quantitative estimate of drug-likeness (QED) is 0.209. The monoisotopic (exact) mass is 496 g/mol. The van der Waals surface area contributed by atoms with E-state index < -0.39 is 0 Å². The third-order valence-electron chi connectivity index (χ3n) is 9.64. The highest BCUT2D eigenvalue weighted by Gasteiger charge is 2.50. The number of hydrogen-bond acceptors (Lipinski definition) is 0. The maximum atomic E-state index is 2.55. The van der Waals surface area contributed by atoms with Gasteiger partial charge in [0.1, 0.15) is 0 Å². The summed E-state index contributed by atoms with van der Waals surface area (Å²) < 4.78 is 0. The minimum absolute atomic E-state index is 0.532. The van der Waals surface area contributed by atoms with E-state index >= 15 is 0 Å². The van der Waals surface area contributed by atoms with E-state index in [2.05, 4.69) is 133 Å². The average Bonchev–Trinajstić information content (AvgIpc) is 3.81. The van der Waals surface area contributed by atoms with Crippen LogP contribution in [0.15, 0.2) is 133 Å². The molecule has 0 heterocycles. The average molecular weight is 497 g/mol. The maximum Gasteiger partial charge on any atom is 0.00897 e. The first kappa shape index (κ1) is 21.5. The molecule has 4 unspecified atom stereocenters. The predicted molar refractivity (Wildman–Crippen MR) is 165 cm³/mol. The molecule has 0 heteroatoms. The molecule has 0 N–H and O–H groups in total. The molecular weight excluding hydrogens is 468 g/mol. The Bertz CT molecular complexity index is 1960. The van der Waals surface area contributed by atoms with Crippen LogP contribution in [0.5, 0.6) is 0 Å². The summed E-state index contributed by atoms with van der Waals surface area (Å²) in [5.41, 5.74) is 8.50. The molecule has 0 spiro atoms. The zero-order chi connectivity index (χ0) is 25.5. The van der Waals surface area contributed by atoms with E-state index in [1.165, 1.54) is 61.0 Å². The largest absolute Gasteiger partial charge is 0.0802 e. The minimum Gasteiger partial charge on any atom is -0.0802 e. The van der Waals surface area contributed by atoms with Gasteiger partial charge in [0, 0.05) is 5.92 Å². The van der Waals surface area contributed by atoms with Crippen LogP contribution in [0.1, 0.15) is 29.4 Å². The molecule has 0 aromatic heterocycles. The molecule has 3 aliphatic rings. The lowest BCUT2D eigenvalue weighted by atomic mass is 9.72. The first-order chi connectivity index (χ1) is 19.4. The zero-order valence-corrected chi connectivity index (χ0v) is 21.7. The Kier molecular flexibility index (Phi) is 4.43. The van der Waals surface area contributed by atoms with Crippen molar-refractivity contribution in [3.8, 4) is 22.3 Å². The minimum atomic E-state index is 0.532. The van der Waals surface area contributed by atoms with Gasteiger partial charge in [-0.05, 0) is 89.9 Å². The van der Waals surface area contributed by atoms with Gasteiger partial charge >= 0.3 is 0 Å². The molecule has 9 rings (SSSR count). The second-order valence-electron chi connectivity index (χ2n) is 11.6. The van der Waals surface area contributed by atoms with Crippen LogP contribution in [0, 0.1) is 11.8 Å². The Balaban J connectivity index is 1.34. The molecule has 0 saturated heterocycles. The molecule has 0 radical (unpaired) electrons. The zero-order valence-electron chi connectivity index (χ0n) is 21.7. The number of rotatable bonds is 2. The van der Waals surface area contributed by atoms with E-state index in [0.29, 0.717) is 17.8 Å². The highest BCUT2D eigenvalue weighted by Crippen LogP contribution is 2.62. The normalized spacial score (nSPS) is 22.6. The lowest BCUT2D eigenvalue weighted by Crippen LogP contribution is -2.19. The van der Waals surface area contributed by atoms with Gasteiger partial charge in [0.05, 0.1) is 0 Å². The van der Waals surface area contributed by atoms with Crippen molar-refractivity contribution in [2.45, 2.75) is 18.3 Å². The number of hydrogen-bond donors (Lipinski definition) is 0. The van der Waals surface area contributed by atoms with Crippen molar-refractivity contribution in [3.63, 3.8) is 0 Å². The summed E-state index contributed by atoms with van der Waals surface area (Å²) in [7, 11) is 0. The molecule has 1 fully saturated rings. The number of benzene rings is 6. The molecule has 6 aromatic carbocycles. The van der Waals surface area contributed by atoms with E-state index in [4.69, 9.17) is 0 Å². The summed E-state index contributed by atoms with van der Waals surface area (Å²) in [6.45, 7) is 0. The first-order valence-electron chi connectivity index (χ1n) is 14.3. The highest BCUT2D eigenvalue weighted by atomic mass is 14.5. The number of fused-ring (bicyclic) bond motifs is 9. The molecule has 1 saturated carbocycles. The smallest absolute Gasteiger partial charge is 0.00897 e. The first-order valence-corrected chi connectivity index (χ1v) is 14.3. The molecule has 3 aliphatic carbocycles. The third-order valence-corrected chi connectivity index (χ3v) is 9.64. The van der Waals surface area contributed by atoms with Gasteiger partial charge in [-0.3, -0.25) is 0 Å². The van der Waals surface area contributed by atoms with Crippen LogP contribution >= 0.6 is 0 Å². The predicted octanol–water partition coefficient (Wildman–Crippen LogP) is 10.4. The Hall–Kier alpha value is -4.42. The summed E-state index contributed by atoms with van der Waals surface area (Å²) in [6.07, 6.45) is 10.7. The summed E-state index contributed by atoms with van der Waals surface area (Å²) >= 11 is 0. The lowest BCUT2D eigenvalue weighted by molar-refractivity contribution is 0.476. The second kappa shape index (κ2) is 8.04. The summed E-state index contributed by atoms with van der Waals surface area (Å²) in [4.78, 5) is 0. The second-order valence-corrected chi connectivity index (χ2v) is 11.6. The van der Waals surface area contributed by atoms with Crippen LogP contribution in [-0.4, -0.2) is 0 Å². The van der Waals surface area contributed by atoms with Gasteiger partial charge in [-0.15, -0.1) is 0 Å². The molecule has 39 heavy (non-hydrogen) atoms. The summed E-state index contributed by atoms with van der Waals surface area (Å²) in [5, 5.41) is 7.91. The standard InChI is InChI=1S/C39H28/c1-2-12-26-24(10-1)11-9-19-30(26)39-33-17-7-5-15-31(33)38(32-16-6-8-18-34(32)39)25-20-21-29-27-13-3-4-14-28(27)36-23-37(36)35(29)22-25/h1-22,27-28,36-37H,23H2. The van der Waals surface area contributed by atoms with Crippen molar-refractivity contribution < 1.29 is 0 Å². The molecule has 0 bridgehead atoms. The Labute approximate surface area is 228 Å². The Morgan fingerprint density at radius 1 is 0.513 bits per heavy atom. The number of allylic oxidation sites excluding steroid dienone is 4. The fourth-order valence-electron chi connectivity index (χ4n) is 7.87. The van der Waals surface area contributed by atoms with Crippen molar-refractivity contribution in [2.24, 2.45) is 11.8 Å². The maximum absolute atomic E-state index is 2.55. The van der Waals surface area contributed by atoms with Crippen molar-refractivity contribution in [2.75, 3.05) is 0 Å². The summed E-state index contributed by atoms with van der Waals surface area (Å²) in [6, 6.07) is 41.0. The van der Waals surface area contributed by atoms with Gasteiger partial charge in [-0.25, -0.2) is 0 Å². The highest BCUT2D eigenvalue weighted by molar-refractivity contribution is 6.23. The summed E-state index contributed by atoms with van der Waals surface area (Å²) in [5.74, 6) is 2.73. The van der Waals surface area contributed by atoms with Crippen molar-refractivity contribution >= 4 is 32.3 Å². The third kappa shape index (κ3) is 3.06. The van der Waals surface area contributed by atoms with Crippen LogP contribution in [0.4, 0.5) is 0 Å². The van der Waals surface area contributed by atoms with Crippen LogP contribution in [0.25, 0.3) is 54.6 Å². The fraction of sp³-hybridized carbons (Fsp3) is 0.128. The van der Waals surface area contributed by atoms with Crippen molar-refractivity contribution in [1.82, 2.24) is 0 Å².